The van der Waals surface area contributed by atoms with Crippen molar-refractivity contribution in [3.63, 3.8) is 0 Å². The van der Waals surface area contributed by atoms with Crippen molar-refractivity contribution in [3.8, 4) is 0 Å². The van der Waals surface area contributed by atoms with Crippen LogP contribution in [0.25, 0.3) is 0 Å². The third kappa shape index (κ3) is 2.46. The molecule has 7 nitrogen and oxygen atoms in total. The summed E-state index contributed by atoms with van der Waals surface area (Å²) in [6, 6.07) is 2.87. The monoisotopic (exact) mass is 292 g/mol. The van der Waals surface area contributed by atoms with Crippen molar-refractivity contribution >= 4 is 23.3 Å². The largest absolute Gasteiger partial charge is 0.480 e. The molecular formula is C14H16N2O5. The minimum atomic E-state index is -1.36. The number of amides is 1. The smallest absolute Gasteiger partial charge is 0.319 e. The van der Waals surface area contributed by atoms with Crippen molar-refractivity contribution in [2.45, 2.75) is 33.1 Å². The number of benzene rings is 1. The number of carboxylic acids is 1. The van der Waals surface area contributed by atoms with Gasteiger partial charge in [0.05, 0.1) is 4.92 Å². The Morgan fingerprint density at radius 2 is 1.90 bits per heavy atom. The first-order valence-corrected chi connectivity index (χ1v) is 6.58. The molecule has 1 saturated carbocycles. The Hall–Kier alpha value is -2.44. The molecule has 0 saturated heterocycles. The molecule has 0 aliphatic heterocycles. The van der Waals surface area contributed by atoms with E-state index in [-0.39, 0.29) is 5.69 Å². The van der Waals surface area contributed by atoms with Crippen LogP contribution in [0.4, 0.5) is 11.4 Å². The molecule has 1 fully saturated rings. The van der Waals surface area contributed by atoms with Gasteiger partial charge in [-0.05, 0) is 38.3 Å². The molecule has 0 bridgehead atoms. The molecule has 1 aromatic carbocycles. The number of anilines is 1. The zero-order valence-corrected chi connectivity index (χ0v) is 11.8. The molecule has 0 spiro atoms. The van der Waals surface area contributed by atoms with Crippen molar-refractivity contribution in [2.24, 2.45) is 5.41 Å². The maximum Gasteiger partial charge on any atom is 0.319 e. The number of nitrogens with zero attached hydrogens (tertiary/aromatic N) is 1. The van der Waals surface area contributed by atoms with Crippen molar-refractivity contribution in [3.05, 3.63) is 33.4 Å². The van der Waals surface area contributed by atoms with E-state index in [9.17, 15) is 24.8 Å². The topological polar surface area (TPSA) is 110 Å². The molecule has 7 heteroatoms. The standard InChI is InChI=1S/C14H16N2O5/c1-8-7-11(16(20)21)9(2)6-10(8)15-12(17)14(13(18)19)4-3-5-14/h6-7H,3-5H2,1-2H3,(H,15,17)(H,18,19). The summed E-state index contributed by atoms with van der Waals surface area (Å²) < 4.78 is 0. The summed E-state index contributed by atoms with van der Waals surface area (Å²) in [5, 5.41) is 22.7. The SMILES string of the molecule is Cc1cc([N+](=O)[O-])c(C)cc1NC(=O)C1(C(=O)O)CCC1. The lowest BCUT2D eigenvalue weighted by molar-refractivity contribution is -0.385. The average Bonchev–Trinajstić information content (AvgIpc) is 2.30. The van der Waals surface area contributed by atoms with Crippen molar-refractivity contribution in [1.82, 2.24) is 0 Å². The molecule has 1 aliphatic carbocycles. The lowest BCUT2D eigenvalue weighted by Gasteiger charge is -2.35. The number of carboxylic acid groups (broad SMARTS) is 1. The molecule has 0 atom stereocenters. The van der Waals surface area contributed by atoms with Crippen LogP contribution in [0.3, 0.4) is 0 Å². The molecule has 0 unspecified atom stereocenters. The third-order valence-electron chi connectivity index (χ3n) is 4.04. The fraction of sp³-hybridized carbons (Fsp3) is 0.429. The van der Waals surface area contributed by atoms with Gasteiger partial charge < -0.3 is 10.4 Å². The quantitative estimate of drug-likeness (QED) is 0.503. The van der Waals surface area contributed by atoms with Crippen LogP contribution in [-0.4, -0.2) is 21.9 Å². The third-order valence-corrected chi connectivity index (χ3v) is 4.04. The fourth-order valence-corrected chi connectivity index (χ4v) is 2.44. The summed E-state index contributed by atoms with van der Waals surface area (Å²) in [4.78, 5) is 33.9. The molecular weight excluding hydrogens is 276 g/mol. The van der Waals surface area contributed by atoms with Crippen molar-refractivity contribution < 1.29 is 19.6 Å². The van der Waals surface area contributed by atoms with Gasteiger partial charge in [0.25, 0.3) is 5.69 Å². The number of nitro benzene ring substituents is 1. The zero-order valence-electron chi connectivity index (χ0n) is 11.8. The van der Waals surface area contributed by atoms with Crippen LogP contribution in [0.2, 0.25) is 0 Å². The van der Waals surface area contributed by atoms with Crippen LogP contribution in [0, 0.1) is 29.4 Å². The fourth-order valence-electron chi connectivity index (χ4n) is 2.44. The first-order valence-electron chi connectivity index (χ1n) is 6.58. The van der Waals surface area contributed by atoms with Gasteiger partial charge in [-0.2, -0.15) is 0 Å². The summed E-state index contributed by atoms with van der Waals surface area (Å²) in [7, 11) is 0. The average molecular weight is 292 g/mol. The van der Waals surface area contributed by atoms with Crippen LogP contribution in [0.1, 0.15) is 30.4 Å². The van der Waals surface area contributed by atoms with Gasteiger partial charge in [-0.3, -0.25) is 19.7 Å². The van der Waals surface area contributed by atoms with Gasteiger partial charge in [0.15, 0.2) is 0 Å². The summed E-state index contributed by atoms with van der Waals surface area (Å²) in [5.41, 5.74) is -0.0283. The Morgan fingerprint density at radius 3 is 2.33 bits per heavy atom. The Morgan fingerprint density at radius 1 is 1.29 bits per heavy atom. The molecule has 1 aliphatic rings. The molecule has 2 N–H and O–H groups in total. The summed E-state index contributed by atoms with van der Waals surface area (Å²) in [5.74, 6) is -1.68. The second-order valence-electron chi connectivity index (χ2n) is 5.41. The highest BCUT2D eigenvalue weighted by atomic mass is 16.6. The van der Waals surface area contributed by atoms with Crippen LogP contribution < -0.4 is 5.32 Å². The number of carbonyl (C=O) groups excluding carboxylic acids is 1. The number of nitro groups is 1. The lowest BCUT2D eigenvalue weighted by Crippen LogP contribution is -2.48. The summed E-state index contributed by atoms with van der Waals surface area (Å²) in [6.45, 7) is 3.21. The van der Waals surface area contributed by atoms with E-state index in [4.69, 9.17) is 0 Å². The molecule has 1 amide bonds. The summed E-state index contributed by atoms with van der Waals surface area (Å²) in [6.07, 6.45) is 1.34. The predicted molar refractivity (Wildman–Crippen MR) is 75.1 cm³/mol. The van der Waals surface area contributed by atoms with Crippen molar-refractivity contribution in [1.29, 1.82) is 0 Å². The number of rotatable bonds is 4. The number of carbonyl (C=O) groups is 2. The first kappa shape index (κ1) is 15.0. The minimum Gasteiger partial charge on any atom is -0.480 e. The number of aliphatic carboxylic acids is 1. The normalized spacial score (nSPS) is 15.9. The van der Waals surface area contributed by atoms with Crippen molar-refractivity contribution in [2.75, 3.05) is 5.32 Å². The van der Waals surface area contributed by atoms with Crippen LogP contribution >= 0.6 is 0 Å². The van der Waals surface area contributed by atoms with E-state index < -0.39 is 22.2 Å². The second-order valence-corrected chi connectivity index (χ2v) is 5.41. The maximum atomic E-state index is 12.2. The molecule has 2 rings (SSSR count). The number of nitrogens with one attached hydrogen (secondary N) is 1. The first-order chi connectivity index (χ1) is 9.78. The Bertz CT molecular complexity index is 634. The van der Waals surface area contributed by atoms with Gasteiger partial charge >= 0.3 is 5.97 Å². The van der Waals surface area contributed by atoms with Gasteiger partial charge in [-0.15, -0.1) is 0 Å². The van der Waals surface area contributed by atoms with Gasteiger partial charge in [0.2, 0.25) is 5.91 Å². The highest BCUT2D eigenvalue weighted by Gasteiger charge is 2.51. The lowest BCUT2D eigenvalue weighted by atomic mass is 9.68. The van der Waals surface area contributed by atoms with Gasteiger partial charge in [-0.1, -0.05) is 6.42 Å². The van der Waals surface area contributed by atoms with E-state index in [1.165, 1.54) is 12.1 Å². The van der Waals surface area contributed by atoms with E-state index in [2.05, 4.69) is 5.32 Å². The Labute approximate surface area is 121 Å². The number of aryl methyl sites for hydroxylation is 2. The number of hydrogen-bond donors (Lipinski definition) is 2. The van der Waals surface area contributed by atoms with E-state index in [0.717, 1.165) is 0 Å². The minimum absolute atomic E-state index is 0.0258. The van der Waals surface area contributed by atoms with E-state index >= 15 is 0 Å². The second kappa shape index (κ2) is 5.16. The zero-order chi connectivity index (χ0) is 15.8. The van der Waals surface area contributed by atoms with Crippen LogP contribution in [-0.2, 0) is 9.59 Å². The molecule has 112 valence electrons. The molecule has 0 aromatic heterocycles. The van der Waals surface area contributed by atoms with Crippen LogP contribution in [0.15, 0.2) is 12.1 Å². The summed E-state index contributed by atoms with van der Waals surface area (Å²) >= 11 is 0. The van der Waals surface area contributed by atoms with Gasteiger partial charge in [0, 0.05) is 17.3 Å². The van der Waals surface area contributed by atoms with E-state index in [1.807, 2.05) is 0 Å². The molecule has 0 heterocycles. The molecule has 1 aromatic rings. The van der Waals surface area contributed by atoms with E-state index in [1.54, 1.807) is 13.8 Å². The molecule has 0 radical (unpaired) electrons. The van der Waals surface area contributed by atoms with Crippen LogP contribution in [0.5, 0.6) is 0 Å². The van der Waals surface area contributed by atoms with Gasteiger partial charge in [0.1, 0.15) is 5.41 Å². The highest BCUT2D eigenvalue weighted by molar-refractivity contribution is 6.09. The van der Waals surface area contributed by atoms with Gasteiger partial charge in [-0.25, -0.2) is 0 Å². The Kier molecular flexibility index (Phi) is 3.67. The Balaban J connectivity index is 2.28. The highest BCUT2D eigenvalue weighted by Crippen LogP contribution is 2.42. The number of hydrogen-bond acceptors (Lipinski definition) is 4. The predicted octanol–water partition coefficient (Wildman–Crippen LogP) is 2.41. The maximum absolute atomic E-state index is 12.2. The van der Waals surface area contributed by atoms with E-state index in [0.29, 0.717) is 36.1 Å². The molecule has 21 heavy (non-hydrogen) atoms.